The fourth-order valence-electron chi connectivity index (χ4n) is 7.26. The van der Waals surface area contributed by atoms with E-state index in [4.69, 9.17) is 9.47 Å². The Morgan fingerprint density at radius 2 is 1.02 bits per heavy atom. The van der Waals surface area contributed by atoms with Crippen molar-refractivity contribution in [2.45, 2.75) is 239 Å². The normalized spacial score (nSPS) is 12.2. The molecule has 0 bridgehead atoms. The molecule has 1 unspecified atom stereocenters. The molecule has 1 atom stereocenters. The van der Waals surface area contributed by atoms with Crippen LogP contribution >= 0.6 is 11.8 Å². The lowest BCUT2D eigenvalue weighted by Gasteiger charge is -2.21. The molecule has 0 aliphatic carbocycles. The molecular weight excluding hydrogens is 691 g/mol. The number of unbranched alkanes of at least 4 members (excludes halogenated alkanes) is 22. The number of carbonyl (C=O) groups is 2. The summed E-state index contributed by atoms with van der Waals surface area (Å²) in [5, 5.41) is 9.61. The van der Waals surface area contributed by atoms with Crippen LogP contribution < -0.4 is 0 Å². The largest absolute Gasteiger partial charge is 0.465 e. The zero-order valence-electron chi connectivity index (χ0n) is 36.7. The van der Waals surface area contributed by atoms with Gasteiger partial charge in [0.1, 0.15) is 6.10 Å². The molecule has 0 aliphatic rings. The fraction of sp³-hybridized carbons (Fsp3) is 0.957. The first-order chi connectivity index (χ1) is 26.5. The number of ether oxygens (including phenoxy) is 2. The quantitative estimate of drug-likeness (QED) is 0.0487. The van der Waals surface area contributed by atoms with Crippen molar-refractivity contribution in [3.8, 4) is 0 Å². The van der Waals surface area contributed by atoms with Crippen LogP contribution in [0.3, 0.4) is 0 Å². The van der Waals surface area contributed by atoms with Crippen LogP contribution in [0.15, 0.2) is 0 Å². The number of thioether (sulfide) groups is 1. The molecule has 0 radical (unpaired) electrons. The standard InChI is InChI=1S/C47H93NO5S/c1-5-9-13-16-20-26-34-45(35-27-21-17-14-10-6-2)53-46(50)36-28-22-19-23-29-37-48(39-40-49)38-30-25-31-41-52-47(51)44(33-12-8-4)43-54-42-32-24-18-15-11-7-3/h44-45,49H,5-43H2,1-4H3. The lowest BCUT2D eigenvalue weighted by Crippen LogP contribution is -2.29. The Kier molecular flexibility index (Phi) is 42.7. The van der Waals surface area contributed by atoms with Gasteiger partial charge in [-0.15, -0.1) is 0 Å². The number of aliphatic hydroxyl groups is 1. The molecule has 0 rings (SSSR count). The van der Waals surface area contributed by atoms with Gasteiger partial charge >= 0.3 is 11.9 Å². The second-order valence-corrected chi connectivity index (χ2v) is 17.4. The van der Waals surface area contributed by atoms with E-state index in [1.807, 2.05) is 11.8 Å². The van der Waals surface area contributed by atoms with Crippen LogP contribution in [-0.2, 0) is 19.1 Å². The molecule has 0 amide bonds. The molecular formula is C47H93NO5S. The van der Waals surface area contributed by atoms with Crippen molar-refractivity contribution in [1.29, 1.82) is 0 Å². The van der Waals surface area contributed by atoms with E-state index >= 15 is 0 Å². The average Bonchev–Trinajstić information content (AvgIpc) is 3.17. The lowest BCUT2D eigenvalue weighted by molar-refractivity contribution is -0.150. The molecule has 1 N–H and O–H groups in total. The van der Waals surface area contributed by atoms with Gasteiger partial charge in [-0.3, -0.25) is 9.59 Å². The topological polar surface area (TPSA) is 76.1 Å². The molecule has 0 saturated carbocycles. The summed E-state index contributed by atoms with van der Waals surface area (Å²) in [6, 6.07) is 0. The molecule has 0 aromatic heterocycles. The first kappa shape index (κ1) is 53.2. The minimum atomic E-state index is 0.00823. The summed E-state index contributed by atoms with van der Waals surface area (Å²) in [5.41, 5.74) is 0. The Morgan fingerprint density at radius 1 is 0.537 bits per heavy atom. The summed E-state index contributed by atoms with van der Waals surface area (Å²) in [5.74, 6) is 2.11. The van der Waals surface area contributed by atoms with Gasteiger partial charge in [-0.05, 0) is 89.5 Å². The third kappa shape index (κ3) is 36.8. The van der Waals surface area contributed by atoms with Crippen molar-refractivity contribution in [3.63, 3.8) is 0 Å². The molecule has 322 valence electrons. The first-order valence-electron chi connectivity index (χ1n) is 23.8. The van der Waals surface area contributed by atoms with E-state index in [2.05, 4.69) is 32.6 Å². The second kappa shape index (κ2) is 43.3. The Morgan fingerprint density at radius 3 is 1.57 bits per heavy atom. The van der Waals surface area contributed by atoms with Crippen molar-refractivity contribution in [2.75, 3.05) is 44.4 Å². The zero-order chi connectivity index (χ0) is 39.6. The Hall–Kier alpha value is -0.790. The summed E-state index contributed by atoms with van der Waals surface area (Å²) in [6.07, 6.45) is 37.6. The number of rotatable bonds is 44. The summed E-state index contributed by atoms with van der Waals surface area (Å²) in [4.78, 5) is 27.9. The SMILES string of the molecule is CCCCCCCCSCC(CCCC)C(=O)OCCCCCN(CCO)CCCCCCCC(=O)OC(CCCCCCCC)CCCCCCCC. The molecule has 0 aliphatic heterocycles. The third-order valence-corrected chi connectivity index (χ3v) is 12.1. The number of aliphatic hydroxyl groups excluding tert-OH is 1. The molecule has 0 saturated heterocycles. The molecule has 6 nitrogen and oxygen atoms in total. The molecule has 54 heavy (non-hydrogen) atoms. The van der Waals surface area contributed by atoms with E-state index in [-0.39, 0.29) is 30.6 Å². The maximum atomic E-state index is 12.8. The summed E-state index contributed by atoms with van der Waals surface area (Å²) >= 11 is 1.94. The lowest BCUT2D eigenvalue weighted by atomic mass is 10.0. The molecule has 0 spiro atoms. The van der Waals surface area contributed by atoms with Crippen molar-refractivity contribution in [3.05, 3.63) is 0 Å². The van der Waals surface area contributed by atoms with E-state index in [0.29, 0.717) is 13.0 Å². The average molecular weight is 784 g/mol. The summed E-state index contributed by atoms with van der Waals surface area (Å²) < 4.78 is 11.8. The van der Waals surface area contributed by atoms with Crippen LogP contribution in [0.4, 0.5) is 0 Å². The molecule has 7 heteroatoms. The van der Waals surface area contributed by atoms with Crippen molar-refractivity contribution < 1.29 is 24.2 Å². The highest BCUT2D eigenvalue weighted by Gasteiger charge is 2.19. The van der Waals surface area contributed by atoms with Crippen molar-refractivity contribution >= 4 is 23.7 Å². The second-order valence-electron chi connectivity index (χ2n) is 16.2. The van der Waals surface area contributed by atoms with Gasteiger partial charge in [-0.1, -0.05) is 156 Å². The molecule has 0 fully saturated rings. The van der Waals surface area contributed by atoms with E-state index in [1.165, 1.54) is 116 Å². The van der Waals surface area contributed by atoms with Crippen LogP contribution in [-0.4, -0.2) is 72.4 Å². The molecule has 0 heterocycles. The number of nitrogens with zero attached hydrogens (tertiary/aromatic N) is 1. The summed E-state index contributed by atoms with van der Waals surface area (Å²) in [7, 11) is 0. The smallest absolute Gasteiger partial charge is 0.309 e. The fourth-order valence-corrected chi connectivity index (χ4v) is 8.42. The van der Waals surface area contributed by atoms with Gasteiger partial charge in [0.05, 0.1) is 19.1 Å². The highest BCUT2D eigenvalue weighted by Crippen LogP contribution is 2.20. The molecule has 0 aromatic rings. The number of esters is 2. The monoisotopic (exact) mass is 784 g/mol. The van der Waals surface area contributed by atoms with Gasteiger partial charge in [0.2, 0.25) is 0 Å². The maximum Gasteiger partial charge on any atom is 0.309 e. The zero-order valence-corrected chi connectivity index (χ0v) is 37.5. The van der Waals surface area contributed by atoms with Crippen LogP contribution in [0.25, 0.3) is 0 Å². The van der Waals surface area contributed by atoms with Gasteiger partial charge in [0.15, 0.2) is 0 Å². The van der Waals surface area contributed by atoms with Crippen molar-refractivity contribution in [2.24, 2.45) is 5.92 Å². The minimum absolute atomic E-state index is 0.00823. The van der Waals surface area contributed by atoms with E-state index in [0.717, 1.165) is 115 Å². The Bertz CT molecular complexity index is 767. The number of hydrogen-bond donors (Lipinski definition) is 1. The minimum Gasteiger partial charge on any atom is -0.465 e. The van der Waals surface area contributed by atoms with Gasteiger partial charge in [-0.2, -0.15) is 11.8 Å². The summed E-state index contributed by atoms with van der Waals surface area (Å²) in [6.45, 7) is 12.4. The van der Waals surface area contributed by atoms with Crippen LogP contribution in [0.1, 0.15) is 233 Å². The maximum absolute atomic E-state index is 12.8. The first-order valence-corrected chi connectivity index (χ1v) is 24.9. The van der Waals surface area contributed by atoms with Crippen LogP contribution in [0, 0.1) is 5.92 Å². The van der Waals surface area contributed by atoms with Crippen LogP contribution in [0.2, 0.25) is 0 Å². The Balaban J connectivity index is 4.18. The van der Waals surface area contributed by atoms with E-state index in [1.54, 1.807) is 0 Å². The van der Waals surface area contributed by atoms with E-state index < -0.39 is 0 Å². The van der Waals surface area contributed by atoms with Gasteiger partial charge in [0.25, 0.3) is 0 Å². The predicted octanol–water partition coefficient (Wildman–Crippen LogP) is 13.6. The van der Waals surface area contributed by atoms with Crippen molar-refractivity contribution in [1.82, 2.24) is 4.90 Å². The number of hydrogen-bond acceptors (Lipinski definition) is 7. The number of carbonyl (C=O) groups excluding carboxylic acids is 2. The highest BCUT2D eigenvalue weighted by atomic mass is 32.2. The predicted molar refractivity (Wildman–Crippen MR) is 236 cm³/mol. The Labute approximate surface area is 341 Å². The highest BCUT2D eigenvalue weighted by molar-refractivity contribution is 7.99. The van der Waals surface area contributed by atoms with Gasteiger partial charge in [-0.25, -0.2) is 0 Å². The van der Waals surface area contributed by atoms with Gasteiger partial charge < -0.3 is 19.5 Å². The van der Waals surface area contributed by atoms with E-state index in [9.17, 15) is 14.7 Å². The molecule has 0 aromatic carbocycles. The third-order valence-electron chi connectivity index (χ3n) is 10.9. The van der Waals surface area contributed by atoms with Gasteiger partial charge in [0, 0.05) is 18.7 Å². The van der Waals surface area contributed by atoms with Crippen LogP contribution in [0.5, 0.6) is 0 Å².